The Hall–Kier alpha value is -2.44. The number of nitrogens with zero attached hydrogens (tertiary/aromatic N) is 2. The van der Waals surface area contributed by atoms with E-state index in [2.05, 4.69) is 46.6 Å². The fourth-order valence-corrected chi connectivity index (χ4v) is 5.70. The van der Waals surface area contributed by atoms with Crippen LogP contribution in [0.2, 0.25) is 0 Å². The van der Waals surface area contributed by atoms with Gasteiger partial charge >= 0.3 is 0 Å². The lowest BCUT2D eigenvalue weighted by atomic mass is 9.95. The van der Waals surface area contributed by atoms with Crippen molar-refractivity contribution < 1.29 is 4.79 Å². The first-order valence-corrected chi connectivity index (χ1v) is 11.8. The number of pyridine rings is 1. The molecule has 2 aromatic heterocycles. The second kappa shape index (κ2) is 8.36. The van der Waals surface area contributed by atoms with E-state index in [1.807, 2.05) is 0 Å². The third-order valence-corrected chi connectivity index (χ3v) is 7.46. The molecule has 3 N–H and O–H groups in total. The van der Waals surface area contributed by atoms with Crippen LogP contribution in [-0.2, 0) is 19.5 Å². The fraction of sp³-hybridized carbons (Fsp3) is 0.417. The maximum Gasteiger partial charge on any atom is 0.263 e. The van der Waals surface area contributed by atoms with E-state index in [1.54, 1.807) is 0 Å². The highest BCUT2D eigenvalue weighted by molar-refractivity contribution is 7.21. The summed E-state index contributed by atoms with van der Waals surface area (Å²) in [5, 5.41) is 4.12. The number of hydrogen-bond donors (Lipinski definition) is 2. The number of anilines is 1. The predicted octanol–water partition coefficient (Wildman–Crippen LogP) is 4.50. The van der Waals surface area contributed by atoms with Gasteiger partial charge in [0.25, 0.3) is 5.91 Å². The first kappa shape index (κ1) is 19.5. The highest BCUT2D eigenvalue weighted by Gasteiger charge is 2.24. The molecule has 0 atom stereocenters. The summed E-state index contributed by atoms with van der Waals surface area (Å²) < 4.78 is 0. The molecule has 0 radical (unpaired) electrons. The van der Waals surface area contributed by atoms with Gasteiger partial charge in [-0.05, 0) is 30.0 Å². The molecule has 0 bridgehead atoms. The molecule has 6 heteroatoms. The molecule has 5 nitrogen and oxygen atoms in total. The minimum Gasteiger partial charge on any atom is -0.397 e. The third kappa shape index (κ3) is 3.94. The number of nitrogens with two attached hydrogens (primary N) is 1. The highest BCUT2D eigenvalue weighted by atomic mass is 32.1. The maximum atomic E-state index is 12.9. The van der Waals surface area contributed by atoms with Crippen LogP contribution in [0.4, 0.5) is 5.69 Å². The summed E-state index contributed by atoms with van der Waals surface area (Å²) >= 11 is 1.44. The minimum atomic E-state index is -0.0360. The monoisotopic (exact) mass is 420 g/mol. The molecule has 5 rings (SSSR count). The van der Waals surface area contributed by atoms with Crippen LogP contribution in [-0.4, -0.2) is 28.4 Å². The average Bonchev–Trinajstić information content (AvgIpc) is 3.09. The molecule has 1 aliphatic heterocycles. The van der Waals surface area contributed by atoms with E-state index in [1.165, 1.54) is 41.7 Å². The largest absolute Gasteiger partial charge is 0.397 e. The first-order valence-electron chi connectivity index (χ1n) is 11.0. The molecule has 2 aliphatic rings. The number of carbonyl (C=O) groups is 1. The first-order chi connectivity index (χ1) is 14.7. The molecule has 0 saturated heterocycles. The lowest BCUT2D eigenvalue weighted by Gasteiger charge is -2.28. The van der Waals surface area contributed by atoms with E-state index in [0.717, 1.165) is 54.8 Å². The van der Waals surface area contributed by atoms with Gasteiger partial charge in [0, 0.05) is 43.2 Å². The molecule has 1 aromatic carbocycles. The standard InChI is InChI=1S/C24H28N4OS/c25-21-19-13-17-15-28(14-16-7-3-1-4-8-16)12-11-20(17)27-24(19)30-22(21)23(29)26-18-9-5-2-6-10-18/h1,3-4,7-8,13,18H,2,5-6,9-12,14-15,25H2,(H,26,29). The molecule has 30 heavy (non-hydrogen) atoms. The Labute approximate surface area is 181 Å². The van der Waals surface area contributed by atoms with Crippen molar-refractivity contribution in [3.63, 3.8) is 0 Å². The normalized spacial score (nSPS) is 17.7. The van der Waals surface area contributed by atoms with Crippen molar-refractivity contribution in [3.8, 4) is 0 Å². The minimum absolute atomic E-state index is 0.0360. The summed E-state index contributed by atoms with van der Waals surface area (Å²) in [6.07, 6.45) is 6.73. The van der Waals surface area contributed by atoms with Gasteiger partial charge in [-0.3, -0.25) is 9.69 Å². The summed E-state index contributed by atoms with van der Waals surface area (Å²) in [5.74, 6) is -0.0360. The van der Waals surface area contributed by atoms with E-state index in [0.29, 0.717) is 10.6 Å². The molecule has 1 fully saturated rings. The van der Waals surface area contributed by atoms with Gasteiger partial charge in [-0.15, -0.1) is 11.3 Å². The average molecular weight is 421 g/mol. The topological polar surface area (TPSA) is 71.2 Å². The zero-order valence-electron chi connectivity index (χ0n) is 17.2. The number of hydrogen-bond acceptors (Lipinski definition) is 5. The van der Waals surface area contributed by atoms with Gasteiger partial charge in [0.2, 0.25) is 0 Å². The van der Waals surface area contributed by atoms with Crippen molar-refractivity contribution in [3.05, 3.63) is 58.1 Å². The number of nitrogen functional groups attached to an aromatic ring is 1. The van der Waals surface area contributed by atoms with Crippen LogP contribution < -0.4 is 11.1 Å². The quantitative estimate of drug-likeness (QED) is 0.652. The van der Waals surface area contributed by atoms with E-state index < -0.39 is 0 Å². The lowest BCUT2D eigenvalue weighted by Crippen LogP contribution is -2.36. The van der Waals surface area contributed by atoms with Crippen molar-refractivity contribution >= 4 is 33.1 Å². The molecule has 156 valence electrons. The summed E-state index contributed by atoms with van der Waals surface area (Å²) in [6, 6.07) is 13.0. The predicted molar refractivity (Wildman–Crippen MR) is 123 cm³/mol. The molecular formula is C24H28N4OS. The smallest absolute Gasteiger partial charge is 0.263 e. The molecule has 0 spiro atoms. The second-order valence-electron chi connectivity index (χ2n) is 8.55. The Bertz CT molecular complexity index is 1060. The number of nitrogens with one attached hydrogen (secondary N) is 1. The van der Waals surface area contributed by atoms with Crippen LogP contribution in [0.25, 0.3) is 10.2 Å². The Morgan fingerprint density at radius 3 is 2.80 bits per heavy atom. The van der Waals surface area contributed by atoms with Gasteiger partial charge in [0.1, 0.15) is 9.71 Å². The Kier molecular flexibility index (Phi) is 5.44. The summed E-state index contributed by atoms with van der Waals surface area (Å²) in [4.78, 5) is 21.7. The zero-order valence-corrected chi connectivity index (χ0v) is 18.0. The van der Waals surface area contributed by atoms with E-state index in [9.17, 15) is 4.79 Å². The molecule has 3 aromatic rings. The SMILES string of the molecule is Nc1c(C(=O)NC2CCCCC2)sc2nc3c(cc12)CN(Cc1ccccc1)CC3. The summed E-state index contributed by atoms with van der Waals surface area (Å²) in [6.45, 7) is 2.80. The summed E-state index contributed by atoms with van der Waals surface area (Å²) in [5.41, 5.74) is 10.7. The maximum absolute atomic E-state index is 12.9. The van der Waals surface area contributed by atoms with E-state index in [-0.39, 0.29) is 11.9 Å². The van der Waals surface area contributed by atoms with Crippen LogP contribution in [0.15, 0.2) is 36.4 Å². The fourth-order valence-electron chi connectivity index (χ4n) is 4.70. The van der Waals surface area contributed by atoms with Gasteiger partial charge < -0.3 is 11.1 Å². The number of amides is 1. The van der Waals surface area contributed by atoms with Crippen LogP contribution in [0, 0.1) is 0 Å². The van der Waals surface area contributed by atoms with Crippen molar-refractivity contribution in [1.82, 2.24) is 15.2 Å². The van der Waals surface area contributed by atoms with Gasteiger partial charge in [-0.2, -0.15) is 0 Å². The van der Waals surface area contributed by atoms with Gasteiger partial charge in [0.15, 0.2) is 0 Å². The van der Waals surface area contributed by atoms with Crippen molar-refractivity contribution in [2.24, 2.45) is 0 Å². The molecule has 1 saturated carbocycles. The van der Waals surface area contributed by atoms with Crippen molar-refractivity contribution in [1.29, 1.82) is 0 Å². The molecule has 0 unspecified atom stereocenters. The lowest BCUT2D eigenvalue weighted by molar-refractivity contribution is 0.0932. The van der Waals surface area contributed by atoms with Gasteiger partial charge in [-0.1, -0.05) is 49.6 Å². The van der Waals surface area contributed by atoms with Gasteiger partial charge in [-0.25, -0.2) is 4.98 Å². The summed E-state index contributed by atoms with van der Waals surface area (Å²) in [7, 11) is 0. The number of rotatable bonds is 4. The van der Waals surface area contributed by atoms with E-state index >= 15 is 0 Å². The van der Waals surface area contributed by atoms with Crippen LogP contribution >= 0.6 is 11.3 Å². The number of fused-ring (bicyclic) bond motifs is 2. The van der Waals surface area contributed by atoms with Crippen LogP contribution in [0.3, 0.4) is 0 Å². The van der Waals surface area contributed by atoms with Crippen molar-refractivity contribution in [2.75, 3.05) is 12.3 Å². The molecular weight excluding hydrogens is 392 g/mol. The number of aromatic nitrogens is 1. The second-order valence-corrected chi connectivity index (χ2v) is 9.55. The Morgan fingerprint density at radius 2 is 2.00 bits per heavy atom. The van der Waals surface area contributed by atoms with Gasteiger partial charge in [0.05, 0.1) is 5.69 Å². The number of carbonyl (C=O) groups excluding carboxylic acids is 1. The molecule has 1 aliphatic carbocycles. The zero-order chi connectivity index (χ0) is 20.5. The van der Waals surface area contributed by atoms with Crippen LogP contribution in [0.1, 0.15) is 58.6 Å². The Morgan fingerprint density at radius 1 is 1.20 bits per heavy atom. The van der Waals surface area contributed by atoms with E-state index in [4.69, 9.17) is 10.7 Å². The molecule has 1 amide bonds. The highest BCUT2D eigenvalue weighted by Crippen LogP contribution is 2.35. The number of thiophene rings is 1. The molecule has 3 heterocycles. The third-order valence-electron chi connectivity index (χ3n) is 6.34. The Balaban J connectivity index is 1.36. The van der Waals surface area contributed by atoms with Crippen molar-refractivity contribution in [2.45, 2.75) is 57.7 Å². The number of benzene rings is 1. The van der Waals surface area contributed by atoms with Crippen LogP contribution in [0.5, 0.6) is 0 Å².